The summed E-state index contributed by atoms with van der Waals surface area (Å²) in [5.74, 6) is -0.0264. The highest BCUT2D eigenvalue weighted by molar-refractivity contribution is 6.12. The molecule has 0 aliphatic rings. The standard InChI is InChI=1S/C21H16N2O/c1-13-17(11-15-7-3-5-9-19(15)22-13)21(24)18-12-16-8-4-6-10-20(16)23-14(18)2/h3-12H,1-2H3. The van der Waals surface area contributed by atoms with Crippen LogP contribution in [0, 0.1) is 13.8 Å². The van der Waals surface area contributed by atoms with Crippen molar-refractivity contribution in [1.29, 1.82) is 0 Å². The molecule has 24 heavy (non-hydrogen) atoms. The van der Waals surface area contributed by atoms with Crippen LogP contribution in [0.3, 0.4) is 0 Å². The fourth-order valence-electron chi connectivity index (χ4n) is 3.03. The van der Waals surface area contributed by atoms with E-state index < -0.39 is 0 Å². The number of rotatable bonds is 2. The first kappa shape index (κ1) is 14.5. The Morgan fingerprint density at radius 2 is 1.12 bits per heavy atom. The molecule has 3 nitrogen and oxygen atoms in total. The number of carbonyl (C=O) groups excluding carboxylic acids is 1. The first-order chi connectivity index (χ1) is 11.6. The van der Waals surface area contributed by atoms with E-state index in [1.165, 1.54) is 0 Å². The summed E-state index contributed by atoms with van der Waals surface area (Å²) < 4.78 is 0. The molecule has 0 spiro atoms. The van der Waals surface area contributed by atoms with Crippen LogP contribution < -0.4 is 0 Å². The minimum absolute atomic E-state index is 0.0264. The normalized spacial score (nSPS) is 11.1. The molecule has 0 saturated heterocycles. The number of aryl methyl sites for hydroxylation is 2. The van der Waals surface area contributed by atoms with Gasteiger partial charge >= 0.3 is 0 Å². The number of fused-ring (bicyclic) bond motifs is 2. The third-order valence-electron chi connectivity index (χ3n) is 4.32. The van der Waals surface area contributed by atoms with Gasteiger partial charge in [0.1, 0.15) is 0 Å². The predicted octanol–water partition coefficient (Wildman–Crippen LogP) is 4.63. The van der Waals surface area contributed by atoms with E-state index in [1.54, 1.807) is 0 Å². The number of hydrogen-bond acceptors (Lipinski definition) is 3. The van der Waals surface area contributed by atoms with Gasteiger partial charge in [0.25, 0.3) is 0 Å². The Morgan fingerprint density at radius 3 is 1.58 bits per heavy atom. The van der Waals surface area contributed by atoms with Crippen molar-refractivity contribution in [3.63, 3.8) is 0 Å². The minimum Gasteiger partial charge on any atom is -0.288 e. The third kappa shape index (κ3) is 2.35. The number of nitrogens with zero attached hydrogens (tertiary/aromatic N) is 2. The summed E-state index contributed by atoms with van der Waals surface area (Å²) in [5.41, 5.74) is 4.56. The van der Waals surface area contributed by atoms with Crippen molar-refractivity contribution in [1.82, 2.24) is 9.97 Å². The van der Waals surface area contributed by atoms with Crippen LogP contribution in [0.4, 0.5) is 0 Å². The monoisotopic (exact) mass is 312 g/mol. The molecule has 0 bridgehead atoms. The van der Waals surface area contributed by atoms with E-state index in [4.69, 9.17) is 0 Å². The van der Waals surface area contributed by atoms with Crippen molar-refractivity contribution < 1.29 is 4.79 Å². The maximum absolute atomic E-state index is 13.1. The van der Waals surface area contributed by atoms with Gasteiger partial charge in [-0.2, -0.15) is 0 Å². The second-order valence-electron chi connectivity index (χ2n) is 5.96. The molecule has 4 rings (SSSR count). The zero-order chi connectivity index (χ0) is 16.7. The van der Waals surface area contributed by atoms with Crippen LogP contribution in [-0.4, -0.2) is 15.8 Å². The van der Waals surface area contributed by atoms with E-state index in [9.17, 15) is 4.79 Å². The molecule has 0 N–H and O–H groups in total. The van der Waals surface area contributed by atoms with Gasteiger partial charge in [0.2, 0.25) is 0 Å². The van der Waals surface area contributed by atoms with Gasteiger partial charge < -0.3 is 0 Å². The van der Waals surface area contributed by atoms with Gasteiger partial charge in [0, 0.05) is 33.3 Å². The van der Waals surface area contributed by atoms with E-state index in [0.717, 1.165) is 33.2 Å². The largest absolute Gasteiger partial charge is 0.288 e. The van der Waals surface area contributed by atoms with Crippen LogP contribution in [0.25, 0.3) is 21.8 Å². The Kier molecular flexibility index (Phi) is 3.35. The first-order valence-corrected chi connectivity index (χ1v) is 7.91. The van der Waals surface area contributed by atoms with Crippen LogP contribution >= 0.6 is 0 Å². The van der Waals surface area contributed by atoms with Crippen LogP contribution in [0.15, 0.2) is 60.7 Å². The fourth-order valence-corrected chi connectivity index (χ4v) is 3.03. The number of benzene rings is 2. The summed E-state index contributed by atoms with van der Waals surface area (Å²) >= 11 is 0. The lowest BCUT2D eigenvalue weighted by Gasteiger charge is -2.10. The highest BCUT2D eigenvalue weighted by Gasteiger charge is 2.17. The van der Waals surface area contributed by atoms with Crippen molar-refractivity contribution in [3.8, 4) is 0 Å². The Hall–Kier alpha value is -3.07. The summed E-state index contributed by atoms with van der Waals surface area (Å²) in [6.45, 7) is 3.76. The average Bonchev–Trinajstić information content (AvgIpc) is 2.60. The van der Waals surface area contributed by atoms with Gasteiger partial charge in [0.15, 0.2) is 5.78 Å². The molecule has 2 aromatic carbocycles. The molecule has 3 heteroatoms. The Morgan fingerprint density at radius 1 is 0.708 bits per heavy atom. The number of ketones is 1. The smallest absolute Gasteiger partial charge is 0.196 e. The molecule has 0 radical (unpaired) electrons. The number of para-hydroxylation sites is 2. The molecule has 0 amide bonds. The summed E-state index contributed by atoms with van der Waals surface area (Å²) in [6.07, 6.45) is 0. The van der Waals surface area contributed by atoms with Gasteiger partial charge in [-0.05, 0) is 38.1 Å². The lowest BCUT2D eigenvalue weighted by Crippen LogP contribution is -2.08. The fraction of sp³-hybridized carbons (Fsp3) is 0.0952. The molecule has 0 atom stereocenters. The van der Waals surface area contributed by atoms with Crippen molar-refractivity contribution >= 4 is 27.6 Å². The van der Waals surface area contributed by atoms with E-state index in [1.807, 2.05) is 74.5 Å². The lowest BCUT2D eigenvalue weighted by molar-refractivity contribution is 0.103. The summed E-state index contributed by atoms with van der Waals surface area (Å²) in [7, 11) is 0. The highest BCUT2D eigenvalue weighted by atomic mass is 16.1. The van der Waals surface area contributed by atoms with Gasteiger partial charge in [-0.25, -0.2) is 0 Å². The number of carbonyl (C=O) groups is 1. The van der Waals surface area contributed by atoms with Crippen molar-refractivity contribution in [2.24, 2.45) is 0 Å². The van der Waals surface area contributed by atoms with Crippen molar-refractivity contribution in [2.75, 3.05) is 0 Å². The van der Waals surface area contributed by atoms with Crippen LogP contribution in [-0.2, 0) is 0 Å². The summed E-state index contributed by atoms with van der Waals surface area (Å²) in [6, 6.07) is 19.5. The predicted molar refractivity (Wildman–Crippen MR) is 96.4 cm³/mol. The third-order valence-corrected chi connectivity index (χ3v) is 4.32. The molecule has 0 saturated carbocycles. The maximum atomic E-state index is 13.1. The molecule has 0 fully saturated rings. The number of hydrogen-bond donors (Lipinski definition) is 0. The molecule has 0 unspecified atom stereocenters. The molecular weight excluding hydrogens is 296 g/mol. The minimum atomic E-state index is -0.0264. The van der Waals surface area contributed by atoms with Crippen molar-refractivity contribution in [3.05, 3.63) is 83.2 Å². The van der Waals surface area contributed by atoms with Gasteiger partial charge in [0.05, 0.1) is 11.0 Å². The summed E-state index contributed by atoms with van der Waals surface area (Å²) in [4.78, 5) is 22.2. The number of aromatic nitrogens is 2. The van der Waals surface area contributed by atoms with Gasteiger partial charge in [-0.1, -0.05) is 36.4 Å². The summed E-state index contributed by atoms with van der Waals surface area (Å²) in [5, 5.41) is 1.94. The SMILES string of the molecule is Cc1nc2ccccc2cc1C(=O)c1cc2ccccc2nc1C. The van der Waals surface area contributed by atoms with Gasteiger partial charge in [-0.15, -0.1) is 0 Å². The topological polar surface area (TPSA) is 42.9 Å². The first-order valence-electron chi connectivity index (χ1n) is 7.91. The molecule has 2 aromatic heterocycles. The van der Waals surface area contributed by atoms with Crippen molar-refractivity contribution in [2.45, 2.75) is 13.8 Å². The zero-order valence-corrected chi connectivity index (χ0v) is 13.6. The Labute approximate surface area is 140 Å². The Bertz CT molecular complexity index is 1010. The second-order valence-corrected chi connectivity index (χ2v) is 5.96. The quantitative estimate of drug-likeness (QED) is 0.507. The van der Waals surface area contributed by atoms with E-state index in [-0.39, 0.29) is 5.78 Å². The van der Waals surface area contributed by atoms with E-state index >= 15 is 0 Å². The highest BCUT2D eigenvalue weighted by Crippen LogP contribution is 2.23. The van der Waals surface area contributed by atoms with E-state index in [0.29, 0.717) is 11.1 Å². The van der Waals surface area contributed by atoms with Crippen LogP contribution in [0.5, 0.6) is 0 Å². The maximum Gasteiger partial charge on any atom is 0.196 e. The molecule has 0 aliphatic carbocycles. The molecule has 4 aromatic rings. The van der Waals surface area contributed by atoms with Gasteiger partial charge in [-0.3, -0.25) is 14.8 Å². The van der Waals surface area contributed by atoms with Crippen LogP contribution in [0.2, 0.25) is 0 Å². The zero-order valence-electron chi connectivity index (χ0n) is 13.6. The Balaban J connectivity index is 1.90. The second kappa shape index (κ2) is 5.53. The van der Waals surface area contributed by atoms with E-state index in [2.05, 4.69) is 9.97 Å². The molecule has 116 valence electrons. The molecule has 0 aliphatic heterocycles. The number of pyridine rings is 2. The molecular formula is C21H16N2O. The average molecular weight is 312 g/mol. The lowest BCUT2D eigenvalue weighted by atomic mass is 9.98. The molecule has 2 heterocycles. The van der Waals surface area contributed by atoms with Crippen LogP contribution in [0.1, 0.15) is 27.3 Å².